The van der Waals surface area contributed by atoms with Crippen LogP contribution >= 0.6 is 22.9 Å². The van der Waals surface area contributed by atoms with Gasteiger partial charge in [-0.1, -0.05) is 18.5 Å². The van der Waals surface area contributed by atoms with Gasteiger partial charge < -0.3 is 5.32 Å². The van der Waals surface area contributed by atoms with E-state index in [4.69, 9.17) is 11.6 Å². The molecule has 1 N–H and O–H groups in total. The van der Waals surface area contributed by atoms with E-state index in [9.17, 15) is 4.39 Å². The van der Waals surface area contributed by atoms with Crippen molar-refractivity contribution < 1.29 is 4.39 Å². The maximum Gasteiger partial charge on any atom is 0.123 e. The molecular weight excluding hydrogens is 269 g/mol. The zero-order valence-electron chi connectivity index (χ0n) is 10.1. The second kappa shape index (κ2) is 6.32. The molecule has 0 aliphatic rings. The smallest absolute Gasteiger partial charge is 0.123 e. The third kappa shape index (κ3) is 3.31. The van der Waals surface area contributed by atoms with Gasteiger partial charge in [-0.2, -0.15) is 11.3 Å². The molecule has 1 unspecified atom stereocenters. The van der Waals surface area contributed by atoms with Crippen molar-refractivity contribution in [2.75, 3.05) is 6.54 Å². The third-order valence-electron chi connectivity index (χ3n) is 2.83. The summed E-state index contributed by atoms with van der Waals surface area (Å²) in [6.07, 6.45) is 0.696. The van der Waals surface area contributed by atoms with Crippen LogP contribution in [0.25, 0.3) is 0 Å². The molecule has 0 aliphatic heterocycles. The maximum absolute atomic E-state index is 13.2. The van der Waals surface area contributed by atoms with Gasteiger partial charge in [0, 0.05) is 11.1 Å². The fourth-order valence-corrected chi connectivity index (χ4v) is 2.86. The Hall–Kier alpha value is -0.900. The van der Waals surface area contributed by atoms with Gasteiger partial charge in [-0.3, -0.25) is 0 Å². The van der Waals surface area contributed by atoms with Crippen molar-refractivity contribution in [3.63, 3.8) is 0 Å². The van der Waals surface area contributed by atoms with Crippen LogP contribution in [-0.2, 0) is 6.42 Å². The van der Waals surface area contributed by atoms with Crippen molar-refractivity contribution in [3.8, 4) is 0 Å². The van der Waals surface area contributed by atoms with Crippen LogP contribution in [0.1, 0.15) is 24.1 Å². The van der Waals surface area contributed by atoms with Gasteiger partial charge in [0.2, 0.25) is 0 Å². The Balaban J connectivity index is 2.21. The molecule has 1 heterocycles. The monoisotopic (exact) mass is 283 g/mol. The summed E-state index contributed by atoms with van der Waals surface area (Å²) >= 11 is 7.77. The third-order valence-corrected chi connectivity index (χ3v) is 3.90. The minimum atomic E-state index is -0.241. The van der Waals surface area contributed by atoms with E-state index in [0.717, 1.165) is 12.1 Å². The lowest BCUT2D eigenvalue weighted by Gasteiger charge is -2.17. The summed E-state index contributed by atoms with van der Waals surface area (Å²) in [5, 5.41) is 8.19. The van der Waals surface area contributed by atoms with Crippen LogP contribution in [0.5, 0.6) is 0 Å². The molecule has 0 fully saturated rings. The summed E-state index contributed by atoms with van der Waals surface area (Å²) < 4.78 is 13.2. The Labute approximate surface area is 116 Å². The SMILES string of the molecule is CCNC(Cc1cc(F)ccc1Cl)c1ccsc1. The number of hydrogen-bond donors (Lipinski definition) is 1. The van der Waals surface area contributed by atoms with Crippen LogP contribution in [0.2, 0.25) is 5.02 Å². The Morgan fingerprint density at radius 2 is 2.22 bits per heavy atom. The highest BCUT2D eigenvalue weighted by Gasteiger charge is 2.13. The minimum Gasteiger partial charge on any atom is -0.310 e. The molecule has 1 nitrogen and oxygen atoms in total. The van der Waals surface area contributed by atoms with Crippen LogP contribution in [0.3, 0.4) is 0 Å². The molecule has 2 aromatic rings. The first kappa shape index (κ1) is 13.5. The van der Waals surface area contributed by atoms with Crippen LogP contribution in [-0.4, -0.2) is 6.54 Å². The normalized spacial score (nSPS) is 12.6. The van der Waals surface area contributed by atoms with Gasteiger partial charge in [-0.15, -0.1) is 0 Å². The molecule has 0 aliphatic carbocycles. The van der Waals surface area contributed by atoms with E-state index in [2.05, 4.69) is 23.7 Å². The molecule has 0 amide bonds. The lowest BCUT2D eigenvalue weighted by molar-refractivity contribution is 0.548. The van der Waals surface area contributed by atoms with Crippen LogP contribution in [0, 0.1) is 5.82 Å². The molecule has 1 atom stereocenters. The predicted octanol–water partition coefficient (Wildman–Crippen LogP) is 4.43. The van der Waals surface area contributed by atoms with Crippen molar-refractivity contribution in [3.05, 3.63) is 57.0 Å². The second-order valence-corrected chi connectivity index (χ2v) is 5.29. The predicted molar refractivity (Wildman–Crippen MR) is 75.9 cm³/mol. The summed E-state index contributed by atoms with van der Waals surface area (Å²) in [5.41, 5.74) is 2.07. The lowest BCUT2D eigenvalue weighted by Crippen LogP contribution is -2.22. The summed E-state index contributed by atoms with van der Waals surface area (Å²) in [6, 6.07) is 6.78. The highest BCUT2D eigenvalue weighted by molar-refractivity contribution is 7.07. The zero-order valence-corrected chi connectivity index (χ0v) is 11.7. The van der Waals surface area contributed by atoms with Gasteiger partial charge in [0.15, 0.2) is 0 Å². The molecule has 0 saturated heterocycles. The topological polar surface area (TPSA) is 12.0 Å². The molecule has 0 saturated carbocycles. The van der Waals surface area contributed by atoms with Crippen molar-refractivity contribution in [2.45, 2.75) is 19.4 Å². The number of likely N-dealkylation sites (N-methyl/N-ethyl adjacent to an activating group) is 1. The molecule has 0 bridgehead atoms. The van der Waals surface area contributed by atoms with Gasteiger partial charge in [0.05, 0.1) is 0 Å². The second-order valence-electron chi connectivity index (χ2n) is 4.11. The lowest BCUT2D eigenvalue weighted by atomic mass is 10.0. The van der Waals surface area contributed by atoms with E-state index in [1.54, 1.807) is 17.4 Å². The summed E-state index contributed by atoms with van der Waals surface area (Å²) in [7, 11) is 0. The Bertz CT molecular complexity index is 499. The highest BCUT2D eigenvalue weighted by atomic mass is 35.5. The van der Waals surface area contributed by atoms with Crippen LogP contribution < -0.4 is 5.32 Å². The molecule has 18 heavy (non-hydrogen) atoms. The van der Waals surface area contributed by atoms with Gasteiger partial charge in [0.25, 0.3) is 0 Å². The Kier molecular flexibility index (Phi) is 4.75. The van der Waals surface area contributed by atoms with Crippen LogP contribution in [0.15, 0.2) is 35.0 Å². The first-order chi connectivity index (χ1) is 8.70. The molecule has 96 valence electrons. The fourth-order valence-electron chi connectivity index (χ4n) is 1.95. The molecule has 0 spiro atoms. The Morgan fingerprint density at radius 1 is 1.39 bits per heavy atom. The number of thiophene rings is 1. The quantitative estimate of drug-likeness (QED) is 0.856. The number of halogens is 2. The molecular formula is C14H15ClFNS. The highest BCUT2D eigenvalue weighted by Crippen LogP contribution is 2.25. The number of benzene rings is 1. The first-order valence-electron chi connectivity index (χ1n) is 5.90. The minimum absolute atomic E-state index is 0.181. The molecule has 4 heteroatoms. The van der Waals surface area contributed by atoms with Crippen molar-refractivity contribution in [2.24, 2.45) is 0 Å². The molecule has 2 rings (SSSR count). The average molecular weight is 284 g/mol. The van der Waals surface area contributed by atoms with E-state index < -0.39 is 0 Å². The summed E-state index contributed by atoms with van der Waals surface area (Å²) in [6.45, 7) is 2.93. The van der Waals surface area contributed by atoms with Crippen molar-refractivity contribution >= 4 is 22.9 Å². The first-order valence-corrected chi connectivity index (χ1v) is 7.22. The van der Waals surface area contributed by atoms with Gasteiger partial charge in [-0.05, 0) is 59.1 Å². The summed E-state index contributed by atoms with van der Waals surface area (Å²) in [4.78, 5) is 0. The molecule has 0 radical (unpaired) electrons. The van der Waals surface area contributed by atoms with Gasteiger partial charge in [-0.25, -0.2) is 4.39 Å². The molecule has 1 aromatic heterocycles. The summed E-state index contributed by atoms with van der Waals surface area (Å²) in [5.74, 6) is -0.241. The van der Waals surface area contributed by atoms with Crippen molar-refractivity contribution in [1.29, 1.82) is 0 Å². The number of nitrogens with one attached hydrogen (secondary N) is 1. The average Bonchev–Trinajstić information content (AvgIpc) is 2.87. The van der Waals surface area contributed by atoms with Gasteiger partial charge >= 0.3 is 0 Å². The largest absolute Gasteiger partial charge is 0.310 e. The zero-order chi connectivity index (χ0) is 13.0. The van der Waals surface area contributed by atoms with Crippen molar-refractivity contribution in [1.82, 2.24) is 5.32 Å². The van der Waals surface area contributed by atoms with E-state index in [1.165, 1.54) is 17.7 Å². The molecule has 1 aromatic carbocycles. The van der Waals surface area contributed by atoms with E-state index in [-0.39, 0.29) is 11.9 Å². The van der Waals surface area contributed by atoms with E-state index >= 15 is 0 Å². The van der Waals surface area contributed by atoms with E-state index in [1.807, 2.05) is 5.38 Å². The van der Waals surface area contributed by atoms with Crippen LogP contribution in [0.4, 0.5) is 4.39 Å². The standard InChI is InChI=1S/C14H15ClFNS/c1-2-17-14(10-5-6-18-9-10)8-11-7-12(16)3-4-13(11)15/h3-7,9,14,17H,2,8H2,1H3. The van der Waals surface area contributed by atoms with Gasteiger partial charge in [0.1, 0.15) is 5.82 Å². The fraction of sp³-hybridized carbons (Fsp3) is 0.286. The maximum atomic E-state index is 13.2. The van der Waals surface area contributed by atoms with E-state index in [0.29, 0.717) is 11.4 Å². The number of rotatable bonds is 5. The Morgan fingerprint density at radius 3 is 2.89 bits per heavy atom. The number of hydrogen-bond acceptors (Lipinski definition) is 2.